The first-order chi connectivity index (χ1) is 15.5. The van der Waals surface area contributed by atoms with E-state index in [4.69, 9.17) is 11.6 Å². The molecule has 1 aromatic heterocycles. The van der Waals surface area contributed by atoms with Gasteiger partial charge in [-0.3, -0.25) is 14.9 Å². The molecule has 0 unspecified atom stereocenters. The third kappa shape index (κ3) is 4.88. The van der Waals surface area contributed by atoms with Crippen molar-refractivity contribution < 1.29 is 9.72 Å². The Morgan fingerprint density at radius 3 is 2.66 bits per heavy atom. The molecule has 9 heteroatoms. The van der Waals surface area contributed by atoms with E-state index in [9.17, 15) is 14.9 Å². The second kappa shape index (κ2) is 9.23. The first kappa shape index (κ1) is 21.0. The zero-order valence-electron chi connectivity index (χ0n) is 16.5. The molecule has 0 fully saturated rings. The number of carbonyl (C=O) groups is 1. The van der Waals surface area contributed by atoms with Gasteiger partial charge in [0.25, 0.3) is 5.69 Å². The van der Waals surface area contributed by atoms with Crippen LogP contribution in [-0.2, 0) is 4.79 Å². The lowest BCUT2D eigenvalue weighted by Crippen LogP contribution is -2.08. The second-order valence-electron chi connectivity index (χ2n) is 6.73. The van der Waals surface area contributed by atoms with Crippen LogP contribution in [0.25, 0.3) is 17.0 Å². The maximum absolute atomic E-state index is 12.4. The molecule has 8 nitrogen and oxygen atoms in total. The summed E-state index contributed by atoms with van der Waals surface area (Å²) in [5, 5.41) is 18.4. The van der Waals surface area contributed by atoms with Gasteiger partial charge in [-0.05, 0) is 48.5 Å². The molecule has 158 valence electrons. The van der Waals surface area contributed by atoms with E-state index in [1.165, 1.54) is 24.5 Å². The van der Waals surface area contributed by atoms with E-state index in [2.05, 4.69) is 20.6 Å². The van der Waals surface area contributed by atoms with Crippen LogP contribution in [0.1, 0.15) is 5.56 Å². The lowest BCUT2D eigenvalue weighted by molar-refractivity contribution is -0.385. The summed E-state index contributed by atoms with van der Waals surface area (Å²) in [5.41, 5.74) is 2.25. The highest BCUT2D eigenvalue weighted by molar-refractivity contribution is 6.30. The van der Waals surface area contributed by atoms with Crippen LogP contribution in [0, 0.1) is 10.1 Å². The monoisotopic (exact) mass is 445 g/mol. The number of anilines is 3. The van der Waals surface area contributed by atoms with E-state index in [0.29, 0.717) is 33.0 Å². The van der Waals surface area contributed by atoms with Crippen LogP contribution in [0.5, 0.6) is 0 Å². The molecule has 32 heavy (non-hydrogen) atoms. The molecule has 0 bridgehead atoms. The molecule has 4 rings (SSSR count). The number of nitrogens with zero attached hydrogens (tertiary/aromatic N) is 3. The molecule has 0 spiro atoms. The summed E-state index contributed by atoms with van der Waals surface area (Å²) in [6.07, 6.45) is 4.10. The largest absolute Gasteiger partial charge is 0.340 e. The van der Waals surface area contributed by atoms with Gasteiger partial charge in [-0.15, -0.1) is 0 Å². The van der Waals surface area contributed by atoms with E-state index in [1.54, 1.807) is 48.5 Å². The molecule has 0 saturated carbocycles. The quantitative estimate of drug-likeness (QED) is 0.227. The molecule has 1 amide bonds. The van der Waals surface area contributed by atoms with Crippen LogP contribution in [0.3, 0.4) is 0 Å². The Bertz CT molecular complexity index is 1360. The van der Waals surface area contributed by atoms with E-state index >= 15 is 0 Å². The Morgan fingerprint density at radius 1 is 1.00 bits per heavy atom. The number of hydrogen-bond acceptors (Lipinski definition) is 6. The normalized spacial score (nSPS) is 10.9. The van der Waals surface area contributed by atoms with Crippen LogP contribution in [0.15, 0.2) is 79.1 Å². The van der Waals surface area contributed by atoms with Crippen LogP contribution >= 0.6 is 11.6 Å². The van der Waals surface area contributed by atoms with Crippen LogP contribution in [-0.4, -0.2) is 20.8 Å². The molecule has 0 radical (unpaired) electrons. The third-order valence-electron chi connectivity index (χ3n) is 4.54. The van der Waals surface area contributed by atoms with Crippen LogP contribution < -0.4 is 10.6 Å². The highest BCUT2D eigenvalue weighted by Gasteiger charge is 2.10. The minimum Gasteiger partial charge on any atom is -0.340 e. The zero-order valence-corrected chi connectivity index (χ0v) is 17.3. The van der Waals surface area contributed by atoms with E-state index in [1.807, 2.05) is 12.1 Å². The molecule has 0 atom stereocenters. The Morgan fingerprint density at radius 2 is 1.84 bits per heavy atom. The molecule has 0 aliphatic heterocycles. The van der Waals surface area contributed by atoms with Crippen molar-refractivity contribution >= 4 is 57.4 Å². The van der Waals surface area contributed by atoms with Crippen LogP contribution in [0.2, 0.25) is 5.02 Å². The fourth-order valence-electron chi connectivity index (χ4n) is 3.08. The van der Waals surface area contributed by atoms with E-state index < -0.39 is 10.8 Å². The van der Waals surface area contributed by atoms with Gasteiger partial charge in [-0.2, -0.15) is 0 Å². The van der Waals surface area contributed by atoms with Gasteiger partial charge >= 0.3 is 0 Å². The van der Waals surface area contributed by atoms with Crippen molar-refractivity contribution in [1.29, 1.82) is 0 Å². The number of amides is 1. The topological polar surface area (TPSA) is 110 Å². The standard InChI is InChI=1S/C23H16ClN5O3/c24-16-5-3-6-17(12-16)28-23-19-13-18(9-10-20(19)25-14-26-23)27-22(30)11-8-15-4-1-2-7-21(15)29(31)32/h1-14H,(H,27,30)(H,25,26,28). The number of aromatic nitrogens is 2. The predicted octanol–water partition coefficient (Wildman–Crippen LogP) is 5.59. The number of nitrogens with one attached hydrogen (secondary N) is 2. The SMILES string of the molecule is O=C(C=Cc1ccccc1[N+](=O)[O-])Nc1ccc2ncnc(Nc3cccc(Cl)c3)c2c1. The lowest BCUT2D eigenvalue weighted by atomic mass is 10.1. The van der Waals surface area contributed by atoms with Gasteiger partial charge < -0.3 is 10.6 Å². The first-order valence-electron chi connectivity index (χ1n) is 9.49. The third-order valence-corrected chi connectivity index (χ3v) is 4.77. The maximum atomic E-state index is 12.4. The van der Waals surface area contributed by atoms with Crippen molar-refractivity contribution in [3.63, 3.8) is 0 Å². The van der Waals surface area contributed by atoms with Gasteiger partial charge in [0.2, 0.25) is 5.91 Å². The van der Waals surface area contributed by atoms with Gasteiger partial charge in [-0.25, -0.2) is 9.97 Å². The Labute approximate surface area is 187 Å². The number of nitro groups is 1. The summed E-state index contributed by atoms with van der Waals surface area (Å²) < 4.78 is 0. The molecule has 1 heterocycles. The number of benzene rings is 3. The first-order valence-corrected chi connectivity index (χ1v) is 9.87. The Balaban J connectivity index is 1.56. The van der Waals surface area contributed by atoms with E-state index in [0.717, 1.165) is 5.69 Å². The van der Waals surface area contributed by atoms with Gasteiger partial charge in [0, 0.05) is 33.9 Å². The summed E-state index contributed by atoms with van der Waals surface area (Å²) in [4.78, 5) is 31.6. The maximum Gasteiger partial charge on any atom is 0.276 e. The van der Waals surface area contributed by atoms with Crippen molar-refractivity contribution in [2.45, 2.75) is 0 Å². The summed E-state index contributed by atoms with van der Waals surface area (Å²) in [6.45, 7) is 0. The van der Waals surface area contributed by atoms with E-state index in [-0.39, 0.29) is 5.69 Å². The fraction of sp³-hybridized carbons (Fsp3) is 0. The van der Waals surface area contributed by atoms with Crippen molar-refractivity contribution in [3.05, 3.63) is 99.8 Å². The van der Waals surface area contributed by atoms with Crippen molar-refractivity contribution in [3.8, 4) is 0 Å². The average Bonchev–Trinajstić information content (AvgIpc) is 2.78. The molecule has 0 aliphatic carbocycles. The molecule has 2 N–H and O–H groups in total. The average molecular weight is 446 g/mol. The number of carbonyl (C=O) groups excluding carboxylic acids is 1. The lowest BCUT2D eigenvalue weighted by Gasteiger charge is -2.10. The Kier molecular flexibility index (Phi) is 6.05. The van der Waals surface area contributed by atoms with Gasteiger partial charge in [0.1, 0.15) is 12.1 Å². The fourth-order valence-corrected chi connectivity index (χ4v) is 3.27. The number of nitro benzene ring substituents is 1. The second-order valence-corrected chi connectivity index (χ2v) is 7.16. The summed E-state index contributed by atoms with van der Waals surface area (Å²) in [5.74, 6) is 0.132. The summed E-state index contributed by atoms with van der Waals surface area (Å²) in [6, 6.07) is 18.7. The van der Waals surface area contributed by atoms with Gasteiger partial charge in [0.05, 0.1) is 16.0 Å². The minimum atomic E-state index is -0.491. The van der Waals surface area contributed by atoms with Gasteiger partial charge in [0.15, 0.2) is 0 Å². The van der Waals surface area contributed by atoms with Crippen molar-refractivity contribution in [1.82, 2.24) is 9.97 Å². The summed E-state index contributed by atoms with van der Waals surface area (Å²) in [7, 11) is 0. The molecule has 0 aliphatic rings. The van der Waals surface area contributed by atoms with Gasteiger partial charge in [-0.1, -0.05) is 29.8 Å². The minimum absolute atomic E-state index is 0.0730. The molecular formula is C23H16ClN5O3. The number of rotatable bonds is 6. The zero-order chi connectivity index (χ0) is 22.5. The molecule has 0 saturated heterocycles. The highest BCUT2D eigenvalue weighted by Crippen LogP contribution is 2.27. The number of hydrogen-bond donors (Lipinski definition) is 2. The van der Waals surface area contributed by atoms with Crippen molar-refractivity contribution in [2.75, 3.05) is 10.6 Å². The Hall–Kier alpha value is -4.30. The number of fused-ring (bicyclic) bond motifs is 1. The summed E-state index contributed by atoms with van der Waals surface area (Å²) >= 11 is 6.05. The van der Waals surface area contributed by atoms with Crippen LogP contribution in [0.4, 0.5) is 22.9 Å². The predicted molar refractivity (Wildman–Crippen MR) is 125 cm³/mol. The highest BCUT2D eigenvalue weighted by atomic mass is 35.5. The molecule has 4 aromatic rings. The van der Waals surface area contributed by atoms with Crippen molar-refractivity contribution in [2.24, 2.45) is 0 Å². The number of halogens is 1. The molecule has 3 aromatic carbocycles. The smallest absolute Gasteiger partial charge is 0.276 e. The number of para-hydroxylation sites is 1. The molecular weight excluding hydrogens is 430 g/mol.